The van der Waals surface area contributed by atoms with E-state index in [2.05, 4.69) is 6.92 Å². The van der Waals surface area contributed by atoms with Crippen LogP contribution in [0.5, 0.6) is 0 Å². The number of nitrogens with zero attached hydrogens (tertiary/aromatic N) is 2. The van der Waals surface area contributed by atoms with Gasteiger partial charge in [0.15, 0.2) is 0 Å². The fourth-order valence-corrected chi connectivity index (χ4v) is 2.89. The van der Waals surface area contributed by atoms with Crippen LogP contribution in [0.4, 0.5) is 5.69 Å². The van der Waals surface area contributed by atoms with E-state index in [4.69, 9.17) is 0 Å². The van der Waals surface area contributed by atoms with E-state index in [1.54, 1.807) is 11.8 Å². The Labute approximate surface area is 133 Å². The standard InChI is InChI=1S/C18H26N2O2/c1-14-7-10-19(11-8-14)18(22)9-12-20(16(3)21)17-6-4-5-15(2)13-17/h4-6,13-14H,7-12H2,1-3H3. The number of hydrogen-bond donors (Lipinski definition) is 0. The molecule has 2 amide bonds. The van der Waals surface area contributed by atoms with Crippen molar-refractivity contribution in [3.63, 3.8) is 0 Å². The van der Waals surface area contributed by atoms with E-state index in [0.29, 0.717) is 18.9 Å². The highest BCUT2D eigenvalue weighted by Crippen LogP contribution is 2.19. The number of rotatable bonds is 4. The molecule has 1 aromatic carbocycles. The van der Waals surface area contributed by atoms with Gasteiger partial charge in [0.1, 0.15) is 0 Å². The third-order valence-electron chi connectivity index (χ3n) is 4.38. The van der Waals surface area contributed by atoms with Crippen LogP contribution < -0.4 is 4.90 Å². The normalized spacial score (nSPS) is 15.7. The first-order chi connectivity index (χ1) is 10.5. The maximum absolute atomic E-state index is 12.3. The number of carbonyl (C=O) groups is 2. The van der Waals surface area contributed by atoms with Crippen molar-refractivity contribution < 1.29 is 9.59 Å². The molecule has 22 heavy (non-hydrogen) atoms. The lowest BCUT2D eigenvalue weighted by Gasteiger charge is -2.31. The van der Waals surface area contributed by atoms with Crippen molar-refractivity contribution in [2.75, 3.05) is 24.5 Å². The van der Waals surface area contributed by atoms with Gasteiger partial charge in [0.25, 0.3) is 0 Å². The second-order valence-corrected chi connectivity index (χ2v) is 6.32. The summed E-state index contributed by atoms with van der Waals surface area (Å²) in [6.07, 6.45) is 2.56. The second-order valence-electron chi connectivity index (χ2n) is 6.32. The van der Waals surface area contributed by atoms with Gasteiger partial charge in [0, 0.05) is 38.7 Å². The van der Waals surface area contributed by atoms with Crippen LogP contribution in [0.25, 0.3) is 0 Å². The van der Waals surface area contributed by atoms with Crippen molar-refractivity contribution in [1.82, 2.24) is 4.90 Å². The summed E-state index contributed by atoms with van der Waals surface area (Å²) in [5.74, 6) is 0.849. The first-order valence-electron chi connectivity index (χ1n) is 8.10. The Morgan fingerprint density at radius 1 is 1.27 bits per heavy atom. The smallest absolute Gasteiger partial charge is 0.224 e. The zero-order valence-corrected chi connectivity index (χ0v) is 13.8. The molecule has 0 saturated carbocycles. The van der Waals surface area contributed by atoms with Crippen molar-refractivity contribution in [3.05, 3.63) is 29.8 Å². The second kappa shape index (κ2) is 7.43. The molecule has 1 aromatic rings. The molecule has 1 aliphatic heterocycles. The van der Waals surface area contributed by atoms with Gasteiger partial charge in [-0.05, 0) is 43.4 Å². The SMILES string of the molecule is CC(=O)N(CCC(=O)N1CCC(C)CC1)c1cccc(C)c1. The van der Waals surface area contributed by atoms with Gasteiger partial charge < -0.3 is 9.80 Å². The lowest BCUT2D eigenvalue weighted by Crippen LogP contribution is -2.40. The predicted octanol–water partition coefficient (Wildman–Crippen LogP) is 3.00. The summed E-state index contributed by atoms with van der Waals surface area (Å²) in [7, 11) is 0. The van der Waals surface area contributed by atoms with Crippen LogP contribution in [0.3, 0.4) is 0 Å². The van der Waals surface area contributed by atoms with Gasteiger partial charge in [-0.3, -0.25) is 9.59 Å². The summed E-state index contributed by atoms with van der Waals surface area (Å²) in [4.78, 5) is 27.8. The minimum atomic E-state index is -0.0225. The van der Waals surface area contributed by atoms with E-state index >= 15 is 0 Å². The Kier molecular flexibility index (Phi) is 5.58. The van der Waals surface area contributed by atoms with Crippen LogP contribution in [-0.2, 0) is 9.59 Å². The van der Waals surface area contributed by atoms with E-state index in [1.165, 1.54) is 0 Å². The molecule has 0 bridgehead atoms. The quantitative estimate of drug-likeness (QED) is 0.858. The number of likely N-dealkylation sites (tertiary alicyclic amines) is 1. The maximum Gasteiger partial charge on any atom is 0.224 e. The molecule has 120 valence electrons. The van der Waals surface area contributed by atoms with Gasteiger partial charge in [-0.2, -0.15) is 0 Å². The monoisotopic (exact) mass is 302 g/mol. The van der Waals surface area contributed by atoms with Gasteiger partial charge in [-0.25, -0.2) is 0 Å². The first kappa shape index (κ1) is 16.5. The zero-order valence-electron chi connectivity index (χ0n) is 13.8. The molecular weight excluding hydrogens is 276 g/mol. The number of piperidine rings is 1. The average molecular weight is 302 g/mol. The number of carbonyl (C=O) groups excluding carboxylic acids is 2. The fraction of sp³-hybridized carbons (Fsp3) is 0.556. The lowest BCUT2D eigenvalue weighted by atomic mass is 9.99. The number of benzene rings is 1. The third kappa shape index (κ3) is 4.33. The highest BCUT2D eigenvalue weighted by atomic mass is 16.2. The van der Waals surface area contributed by atoms with Crippen molar-refractivity contribution in [2.24, 2.45) is 5.92 Å². The Morgan fingerprint density at radius 2 is 1.95 bits per heavy atom. The molecule has 1 saturated heterocycles. The molecule has 0 N–H and O–H groups in total. The number of anilines is 1. The van der Waals surface area contributed by atoms with Crippen LogP contribution in [0.2, 0.25) is 0 Å². The van der Waals surface area contributed by atoms with E-state index in [-0.39, 0.29) is 11.8 Å². The summed E-state index contributed by atoms with van der Waals surface area (Å²) in [6, 6.07) is 7.84. The molecule has 0 unspecified atom stereocenters. The van der Waals surface area contributed by atoms with Crippen molar-refractivity contribution in [1.29, 1.82) is 0 Å². The molecule has 1 fully saturated rings. The minimum absolute atomic E-state index is 0.0225. The zero-order chi connectivity index (χ0) is 16.1. The molecule has 0 spiro atoms. The van der Waals surface area contributed by atoms with Gasteiger partial charge in [0.2, 0.25) is 11.8 Å². The van der Waals surface area contributed by atoms with Gasteiger partial charge >= 0.3 is 0 Å². The van der Waals surface area contributed by atoms with Crippen LogP contribution in [-0.4, -0.2) is 36.3 Å². The third-order valence-corrected chi connectivity index (χ3v) is 4.38. The highest BCUT2D eigenvalue weighted by Gasteiger charge is 2.21. The topological polar surface area (TPSA) is 40.6 Å². The predicted molar refractivity (Wildman–Crippen MR) is 88.8 cm³/mol. The van der Waals surface area contributed by atoms with Crippen LogP contribution in [0, 0.1) is 12.8 Å². The fourth-order valence-electron chi connectivity index (χ4n) is 2.89. The Morgan fingerprint density at radius 3 is 2.55 bits per heavy atom. The summed E-state index contributed by atoms with van der Waals surface area (Å²) >= 11 is 0. The van der Waals surface area contributed by atoms with Gasteiger partial charge in [0.05, 0.1) is 0 Å². The van der Waals surface area contributed by atoms with E-state index < -0.39 is 0 Å². The van der Waals surface area contributed by atoms with E-state index in [1.807, 2.05) is 36.1 Å². The van der Waals surface area contributed by atoms with Crippen molar-refractivity contribution in [3.8, 4) is 0 Å². The van der Waals surface area contributed by atoms with Crippen LogP contribution >= 0.6 is 0 Å². The Hall–Kier alpha value is -1.84. The Bertz CT molecular complexity index is 534. The summed E-state index contributed by atoms with van der Waals surface area (Å²) < 4.78 is 0. The van der Waals surface area contributed by atoms with Gasteiger partial charge in [-0.15, -0.1) is 0 Å². The molecule has 1 aliphatic rings. The highest BCUT2D eigenvalue weighted by molar-refractivity contribution is 5.92. The number of hydrogen-bond acceptors (Lipinski definition) is 2. The number of aryl methyl sites for hydroxylation is 1. The van der Waals surface area contributed by atoms with Crippen LogP contribution in [0.1, 0.15) is 38.7 Å². The van der Waals surface area contributed by atoms with Crippen LogP contribution in [0.15, 0.2) is 24.3 Å². The lowest BCUT2D eigenvalue weighted by molar-refractivity contribution is -0.132. The molecule has 0 aliphatic carbocycles. The Balaban J connectivity index is 1.95. The molecule has 4 nitrogen and oxygen atoms in total. The van der Waals surface area contributed by atoms with Crippen molar-refractivity contribution in [2.45, 2.75) is 40.0 Å². The first-order valence-corrected chi connectivity index (χ1v) is 8.10. The van der Waals surface area contributed by atoms with E-state index in [0.717, 1.165) is 37.2 Å². The molecule has 0 radical (unpaired) electrons. The van der Waals surface area contributed by atoms with Gasteiger partial charge in [-0.1, -0.05) is 19.1 Å². The van der Waals surface area contributed by atoms with E-state index in [9.17, 15) is 9.59 Å². The largest absolute Gasteiger partial charge is 0.343 e. The molecule has 2 rings (SSSR count). The van der Waals surface area contributed by atoms with Crippen molar-refractivity contribution >= 4 is 17.5 Å². The summed E-state index contributed by atoms with van der Waals surface area (Å²) in [5.41, 5.74) is 1.98. The summed E-state index contributed by atoms with van der Waals surface area (Å²) in [6.45, 7) is 7.94. The average Bonchev–Trinajstić information content (AvgIpc) is 2.47. The summed E-state index contributed by atoms with van der Waals surface area (Å²) in [5, 5.41) is 0. The molecule has 0 atom stereocenters. The maximum atomic E-state index is 12.3. The molecule has 4 heteroatoms. The minimum Gasteiger partial charge on any atom is -0.343 e. The molecule has 1 heterocycles. The molecule has 0 aromatic heterocycles. The number of amides is 2. The molecular formula is C18H26N2O2.